The lowest BCUT2D eigenvalue weighted by Gasteiger charge is -2.10. The molecular weight excluding hydrogens is 183 g/mol. The van der Waals surface area contributed by atoms with Crippen LogP contribution in [0.4, 0.5) is 4.39 Å². The Kier molecular flexibility index (Phi) is 3.23. The maximum absolute atomic E-state index is 12.9. The average Bonchev–Trinajstić information content (AvgIpc) is 2.16. The van der Waals surface area contributed by atoms with E-state index in [1.54, 1.807) is 6.92 Å². The van der Waals surface area contributed by atoms with E-state index in [1.165, 1.54) is 25.3 Å². The summed E-state index contributed by atoms with van der Waals surface area (Å²) in [5, 5.41) is 0. The lowest BCUT2D eigenvalue weighted by Crippen LogP contribution is -2.07. The van der Waals surface area contributed by atoms with Crippen LogP contribution in [0, 0.1) is 12.7 Å². The van der Waals surface area contributed by atoms with Crippen LogP contribution in [0.2, 0.25) is 0 Å². The van der Waals surface area contributed by atoms with Crippen LogP contribution in [0.25, 0.3) is 0 Å². The molecule has 1 aromatic rings. The van der Waals surface area contributed by atoms with E-state index in [0.29, 0.717) is 11.1 Å². The Balaban J connectivity index is 3.21. The summed E-state index contributed by atoms with van der Waals surface area (Å²) in [7, 11) is 1.29. The van der Waals surface area contributed by atoms with Crippen LogP contribution in [0.5, 0.6) is 0 Å². The summed E-state index contributed by atoms with van der Waals surface area (Å²) in [6.45, 7) is 5.55. The Morgan fingerprint density at radius 2 is 2.21 bits per heavy atom. The maximum atomic E-state index is 12.9. The van der Waals surface area contributed by atoms with Gasteiger partial charge in [0.2, 0.25) is 0 Å². The molecule has 0 heterocycles. The van der Waals surface area contributed by atoms with E-state index in [-0.39, 0.29) is 11.7 Å². The number of esters is 1. The minimum atomic E-state index is -0.463. The third-order valence-corrected chi connectivity index (χ3v) is 1.95. The van der Waals surface area contributed by atoms with E-state index >= 15 is 0 Å². The number of halogens is 1. The van der Waals surface area contributed by atoms with Gasteiger partial charge in [0.1, 0.15) is 5.82 Å². The Morgan fingerprint density at radius 1 is 1.57 bits per heavy atom. The molecule has 0 bridgehead atoms. The highest BCUT2D eigenvalue weighted by molar-refractivity contribution is 5.91. The zero-order valence-corrected chi connectivity index (χ0v) is 8.21. The molecule has 0 aromatic heterocycles. The molecule has 0 aliphatic heterocycles. The molecule has 0 fully saturated rings. The number of ether oxygens (including phenoxy) is 1. The van der Waals surface area contributed by atoms with Crippen LogP contribution in [0.3, 0.4) is 0 Å². The van der Waals surface area contributed by atoms with Gasteiger partial charge in [-0.15, -0.1) is 0 Å². The zero-order chi connectivity index (χ0) is 10.7. The van der Waals surface area contributed by atoms with Crippen molar-refractivity contribution in [2.24, 2.45) is 0 Å². The Bertz CT molecular complexity index is 345. The number of carbonyl (C=O) groups excluding carboxylic acids is 1. The second-order valence-electron chi connectivity index (χ2n) is 3.12. The largest absolute Gasteiger partial charge is 0.465 e. The molecule has 1 unspecified atom stereocenters. The number of methoxy groups -OCH3 is 1. The molecule has 0 saturated carbocycles. The van der Waals surface area contributed by atoms with Crippen molar-refractivity contribution in [2.75, 3.05) is 7.11 Å². The van der Waals surface area contributed by atoms with Crippen LogP contribution in [0.15, 0.2) is 18.2 Å². The van der Waals surface area contributed by atoms with E-state index in [1.807, 2.05) is 0 Å². The zero-order valence-electron chi connectivity index (χ0n) is 8.21. The number of hydrogen-bond donors (Lipinski definition) is 0. The van der Waals surface area contributed by atoms with Crippen molar-refractivity contribution in [1.82, 2.24) is 0 Å². The highest BCUT2D eigenvalue weighted by Gasteiger charge is 2.14. The number of rotatable bonds is 2. The van der Waals surface area contributed by atoms with Gasteiger partial charge in [-0.3, -0.25) is 0 Å². The second-order valence-corrected chi connectivity index (χ2v) is 3.12. The summed E-state index contributed by atoms with van der Waals surface area (Å²) < 4.78 is 17.5. The van der Waals surface area contributed by atoms with Gasteiger partial charge in [-0.1, -0.05) is 6.92 Å². The molecule has 0 N–H and O–H groups in total. The van der Waals surface area contributed by atoms with Crippen molar-refractivity contribution in [2.45, 2.75) is 12.8 Å². The number of benzene rings is 1. The molecule has 0 spiro atoms. The van der Waals surface area contributed by atoms with E-state index < -0.39 is 5.97 Å². The van der Waals surface area contributed by atoms with Crippen LogP contribution in [-0.2, 0) is 4.74 Å². The highest BCUT2D eigenvalue weighted by Crippen LogP contribution is 2.20. The molecular formula is C11H12FO2. The molecule has 1 atom stereocenters. The van der Waals surface area contributed by atoms with Crippen LogP contribution < -0.4 is 0 Å². The van der Waals surface area contributed by atoms with Crippen molar-refractivity contribution in [3.05, 3.63) is 42.1 Å². The maximum Gasteiger partial charge on any atom is 0.338 e. The first kappa shape index (κ1) is 10.7. The molecule has 0 amide bonds. The summed E-state index contributed by atoms with van der Waals surface area (Å²) >= 11 is 0. The fourth-order valence-electron chi connectivity index (χ4n) is 1.24. The molecule has 0 aliphatic rings. The van der Waals surface area contributed by atoms with Crippen molar-refractivity contribution in [3.63, 3.8) is 0 Å². The summed E-state index contributed by atoms with van der Waals surface area (Å²) in [6.07, 6.45) is 0. The lowest BCUT2D eigenvalue weighted by atomic mass is 9.97. The van der Waals surface area contributed by atoms with Gasteiger partial charge in [0.05, 0.1) is 12.7 Å². The monoisotopic (exact) mass is 195 g/mol. The molecule has 14 heavy (non-hydrogen) atoms. The topological polar surface area (TPSA) is 26.3 Å². The molecule has 75 valence electrons. The van der Waals surface area contributed by atoms with Crippen LogP contribution in [0.1, 0.15) is 28.8 Å². The van der Waals surface area contributed by atoms with Gasteiger partial charge in [-0.2, -0.15) is 0 Å². The lowest BCUT2D eigenvalue weighted by molar-refractivity contribution is 0.0599. The first-order valence-corrected chi connectivity index (χ1v) is 4.27. The molecule has 3 heteroatoms. The molecule has 0 saturated heterocycles. The van der Waals surface area contributed by atoms with Crippen molar-refractivity contribution < 1.29 is 13.9 Å². The SMILES string of the molecule is [CH2]C(C)c1cc(F)ccc1C(=O)OC. The minimum absolute atomic E-state index is 0.153. The smallest absolute Gasteiger partial charge is 0.338 e. The molecule has 1 aromatic carbocycles. The third kappa shape index (κ3) is 2.10. The van der Waals surface area contributed by atoms with Crippen molar-refractivity contribution >= 4 is 5.97 Å². The van der Waals surface area contributed by atoms with Gasteiger partial charge < -0.3 is 4.74 Å². The van der Waals surface area contributed by atoms with E-state index in [9.17, 15) is 9.18 Å². The van der Waals surface area contributed by atoms with E-state index in [2.05, 4.69) is 11.7 Å². The standard InChI is InChI=1S/C11H12FO2/c1-7(2)10-6-8(12)4-5-9(10)11(13)14-3/h4-7H,1H2,2-3H3. The molecule has 2 nitrogen and oxygen atoms in total. The fraction of sp³-hybridized carbons (Fsp3) is 0.273. The normalized spacial score (nSPS) is 10.4. The van der Waals surface area contributed by atoms with Gasteiger partial charge in [0.25, 0.3) is 0 Å². The van der Waals surface area contributed by atoms with Gasteiger partial charge in [0, 0.05) is 0 Å². The quantitative estimate of drug-likeness (QED) is 0.678. The Hall–Kier alpha value is -1.38. The summed E-state index contributed by atoms with van der Waals surface area (Å²) in [5.74, 6) is -0.988. The van der Waals surface area contributed by atoms with Crippen LogP contribution >= 0.6 is 0 Å². The van der Waals surface area contributed by atoms with E-state index in [0.717, 1.165) is 0 Å². The van der Waals surface area contributed by atoms with Crippen molar-refractivity contribution in [3.8, 4) is 0 Å². The first-order valence-electron chi connectivity index (χ1n) is 4.27. The number of hydrogen-bond acceptors (Lipinski definition) is 2. The predicted octanol–water partition coefficient (Wildman–Crippen LogP) is 2.55. The highest BCUT2D eigenvalue weighted by atomic mass is 19.1. The fourth-order valence-corrected chi connectivity index (χ4v) is 1.24. The summed E-state index contributed by atoms with van der Waals surface area (Å²) in [6, 6.07) is 3.96. The van der Waals surface area contributed by atoms with Gasteiger partial charge in [-0.05, 0) is 36.6 Å². The minimum Gasteiger partial charge on any atom is -0.465 e. The molecule has 1 rings (SSSR count). The predicted molar refractivity (Wildman–Crippen MR) is 51.5 cm³/mol. The molecule has 1 radical (unpaired) electrons. The Labute approximate surface area is 82.7 Å². The third-order valence-electron chi connectivity index (χ3n) is 1.95. The van der Waals surface area contributed by atoms with Gasteiger partial charge >= 0.3 is 5.97 Å². The number of carbonyl (C=O) groups is 1. The van der Waals surface area contributed by atoms with Gasteiger partial charge in [-0.25, -0.2) is 9.18 Å². The second kappa shape index (κ2) is 4.22. The summed E-state index contributed by atoms with van der Waals surface area (Å²) in [4.78, 5) is 11.3. The van der Waals surface area contributed by atoms with Crippen LogP contribution in [-0.4, -0.2) is 13.1 Å². The Morgan fingerprint density at radius 3 is 2.71 bits per heavy atom. The average molecular weight is 195 g/mol. The molecule has 0 aliphatic carbocycles. The van der Waals surface area contributed by atoms with Gasteiger partial charge in [0.15, 0.2) is 0 Å². The first-order chi connectivity index (χ1) is 6.56. The van der Waals surface area contributed by atoms with E-state index in [4.69, 9.17) is 0 Å². The summed E-state index contributed by atoms with van der Waals surface area (Å²) in [5.41, 5.74) is 0.938. The van der Waals surface area contributed by atoms with Crippen molar-refractivity contribution in [1.29, 1.82) is 0 Å².